The Hall–Kier alpha value is -1.95. The van der Waals surface area contributed by atoms with Gasteiger partial charge in [-0.1, -0.05) is 0 Å². The van der Waals surface area contributed by atoms with Crippen LogP contribution >= 0.6 is 0 Å². The quantitative estimate of drug-likeness (QED) is 0.415. The van der Waals surface area contributed by atoms with Crippen molar-refractivity contribution in [3.05, 3.63) is 18.2 Å². The van der Waals surface area contributed by atoms with Crippen LogP contribution in [0.5, 0.6) is 11.5 Å². The van der Waals surface area contributed by atoms with Gasteiger partial charge in [-0.15, -0.1) is 0 Å². The molecule has 0 heterocycles. The van der Waals surface area contributed by atoms with E-state index in [1.807, 2.05) is 25.1 Å². The van der Waals surface area contributed by atoms with Crippen LogP contribution in [0, 0.1) is 5.41 Å². The molecule has 1 aliphatic carbocycles. The molecule has 1 aromatic rings. The largest absolute Gasteiger partial charge is 0.493 e. The smallest absolute Gasteiger partial charge is 0.193 e. The molecule has 0 amide bonds. The molecule has 0 spiro atoms. The van der Waals surface area contributed by atoms with Gasteiger partial charge in [-0.05, 0) is 43.7 Å². The maximum Gasteiger partial charge on any atom is 0.193 e. The molecule has 1 saturated carbocycles. The van der Waals surface area contributed by atoms with Gasteiger partial charge in [0.05, 0.1) is 14.2 Å². The molecule has 0 radical (unpaired) electrons. The molecular formula is C17H27N3O3. The minimum absolute atomic E-state index is 0.291. The van der Waals surface area contributed by atoms with Gasteiger partial charge in [0.1, 0.15) is 0 Å². The highest BCUT2D eigenvalue weighted by Gasteiger charge is 2.41. The molecule has 3 N–H and O–H groups in total. The van der Waals surface area contributed by atoms with Crippen LogP contribution in [0.3, 0.4) is 0 Å². The first-order valence-corrected chi connectivity index (χ1v) is 7.99. The number of nitrogens with zero attached hydrogens (tertiary/aromatic N) is 1. The summed E-state index contributed by atoms with van der Waals surface area (Å²) in [4.78, 5) is 4.49. The zero-order chi connectivity index (χ0) is 16.7. The molecule has 2 rings (SSSR count). The molecule has 0 unspecified atom stereocenters. The van der Waals surface area contributed by atoms with E-state index < -0.39 is 0 Å². The molecule has 0 atom stereocenters. The van der Waals surface area contributed by atoms with Crippen molar-refractivity contribution in [2.45, 2.75) is 26.2 Å². The van der Waals surface area contributed by atoms with Crippen molar-refractivity contribution in [2.24, 2.45) is 16.1 Å². The molecule has 128 valence electrons. The maximum absolute atomic E-state index is 5.99. The van der Waals surface area contributed by atoms with E-state index >= 15 is 0 Å². The van der Waals surface area contributed by atoms with Crippen LogP contribution in [-0.2, 0) is 4.74 Å². The van der Waals surface area contributed by atoms with Crippen LogP contribution < -0.4 is 20.5 Å². The molecule has 0 aliphatic heterocycles. The molecular weight excluding hydrogens is 294 g/mol. The lowest BCUT2D eigenvalue weighted by Crippen LogP contribution is -2.24. The maximum atomic E-state index is 5.99. The molecule has 0 bridgehead atoms. The lowest BCUT2D eigenvalue weighted by Gasteiger charge is -2.14. The van der Waals surface area contributed by atoms with E-state index in [9.17, 15) is 0 Å². The van der Waals surface area contributed by atoms with E-state index in [0.717, 1.165) is 31.9 Å². The zero-order valence-electron chi connectivity index (χ0n) is 14.2. The van der Waals surface area contributed by atoms with E-state index in [-0.39, 0.29) is 0 Å². The van der Waals surface area contributed by atoms with Crippen LogP contribution in [0.15, 0.2) is 23.2 Å². The Morgan fingerprint density at radius 3 is 2.61 bits per heavy atom. The van der Waals surface area contributed by atoms with Gasteiger partial charge in [0.25, 0.3) is 0 Å². The second-order valence-electron chi connectivity index (χ2n) is 5.84. The lowest BCUT2D eigenvalue weighted by molar-refractivity contribution is 0.129. The Labute approximate surface area is 138 Å². The molecule has 1 fully saturated rings. The number of rotatable bonds is 9. The first kappa shape index (κ1) is 17.4. The summed E-state index contributed by atoms with van der Waals surface area (Å²) >= 11 is 0. The van der Waals surface area contributed by atoms with Crippen LogP contribution in [0.4, 0.5) is 5.69 Å². The Morgan fingerprint density at radius 2 is 2.00 bits per heavy atom. The molecule has 1 aromatic carbocycles. The van der Waals surface area contributed by atoms with Gasteiger partial charge in [-0.3, -0.25) is 4.99 Å². The number of guanidine groups is 1. The summed E-state index contributed by atoms with van der Waals surface area (Å²) in [6, 6.07) is 5.55. The van der Waals surface area contributed by atoms with Gasteiger partial charge >= 0.3 is 0 Å². The highest BCUT2D eigenvalue weighted by atomic mass is 16.5. The second kappa shape index (κ2) is 8.06. The third-order valence-electron chi connectivity index (χ3n) is 4.18. The number of nitrogens with one attached hydrogen (secondary N) is 1. The van der Waals surface area contributed by atoms with Crippen molar-refractivity contribution in [3.63, 3.8) is 0 Å². The van der Waals surface area contributed by atoms with E-state index in [1.165, 1.54) is 12.8 Å². The Kier molecular flexibility index (Phi) is 6.10. The Bertz CT molecular complexity index is 542. The van der Waals surface area contributed by atoms with Gasteiger partial charge in [0.2, 0.25) is 0 Å². The van der Waals surface area contributed by atoms with Crippen LogP contribution in [-0.4, -0.2) is 39.9 Å². The topological polar surface area (TPSA) is 78.1 Å². The summed E-state index contributed by atoms with van der Waals surface area (Å²) in [5.74, 6) is 1.75. The average molecular weight is 321 g/mol. The number of hydrogen-bond acceptors (Lipinski definition) is 4. The van der Waals surface area contributed by atoms with Gasteiger partial charge < -0.3 is 25.3 Å². The normalized spacial score (nSPS) is 16.0. The summed E-state index contributed by atoms with van der Waals surface area (Å²) in [5, 5.41) is 3.10. The van der Waals surface area contributed by atoms with Gasteiger partial charge in [-0.25, -0.2) is 0 Å². The number of methoxy groups -OCH3 is 2. The Balaban J connectivity index is 1.90. The summed E-state index contributed by atoms with van der Waals surface area (Å²) in [6.07, 6.45) is 3.45. The number of hydrogen-bond donors (Lipinski definition) is 2. The van der Waals surface area contributed by atoms with E-state index in [4.69, 9.17) is 19.9 Å². The summed E-state index contributed by atoms with van der Waals surface area (Å²) in [6.45, 7) is 4.33. The third-order valence-corrected chi connectivity index (χ3v) is 4.18. The van der Waals surface area contributed by atoms with Crippen molar-refractivity contribution in [1.82, 2.24) is 0 Å². The fraction of sp³-hybridized carbons (Fsp3) is 0.588. The van der Waals surface area contributed by atoms with E-state index in [2.05, 4.69) is 10.3 Å². The molecule has 23 heavy (non-hydrogen) atoms. The van der Waals surface area contributed by atoms with Crippen molar-refractivity contribution < 1.29 is 14.2 Å². The predicted molar refractivity (Wildman–Crippen MR) is 92.4 cm³/mol. The number of anilines is 1. The van der Waals surface area contributed by atoms with Gasteiger partial charge in [0.15, 0.2) is 17.5 Å². The fourth-order valence-electron chi connectivity index (χ4n) is 2.45. The average Bonchev–Trinajstić information content (AvgIpc) is 3.33. The predicted octanol–water partition coefficient (Wildman–Crippen LogP) is 2.64. The highest BCUT2D eigenvalue weighted by molar-refractivity contribution is 5.92. The van der Waals surface area contributed by atoms with Crippen LogP contribution in [0.1, 0.15) is 26.2 Å². The number of benzene rings is 1. The molecule has 1 aliphatic rings. The minimum Gasteiger partial charge on any atom is -0.493 e. The Morgan fingerprint density at radius 1 is 1.26 bits per heavy atom. The third kappa shape index (κ3) is 5.03. The monoisotopic (exact) mass is 321 g/mol. The van der Waals surface area contributed by atoms with Crippen LogP contribution in [0.25, 0.3) is 0 Å². The first-order valence-electron chi connectivity index (χ1n) is 7.99. The number of ether oxygens (including phenoxy) is 3. The van der Waals surface area contributed by atoms with Gasteiger partial charge in [-0.2, -0.15) is 0 Å². The minimum atomic E-state index is 0.291. The number of aliphatic imine (C=N–C) groups is 1. The SMILES string of the molecule is CCOCCC1(CN=C(N)Nc2ccc(OC)c(OC)c2)CC1. The van der Waals surface area contributed by atoms with Crippen molar-refractivity contribution in [2.75, 3.05) is 39.3 Å². The fourth-order valence-corrected chi connectivity index (χ4v) is 2.45. The number of nitrogens with two attached hydrogens (primary N) is 1. The van der Waals surface area contributed by atoms with E-state index in [0.29, 0.717) is 22.9 Å². The standard InChI is InChI=1S/C17H27N3O3/c1-4-23-10-9-17(7-8-17)12-19-16(18)20-13-5-6-14(21-2)15(11-13)22-3/h5-6,11H,4,7-10,12H2,1-3H3,(H3,18,19,20). The zero-order valence-corrected chi connectivity index (χ0v) is 14.2. The molecule has 0 saturated heterocycles. The highest BCUT2D eigenvalue weighted by Crippen LogP contribution is 2.49. The van der Waals surface area contributed by atoms with E-state index in [1.54, 1.807) is 14.2 Å². The molecule has 0 aromatic heterocycles. The molecule has 6 heteroatoms. The lowest BCUT2D eigenvalue weighted by atomic mass is 10.0. The second-order valence-corrected chi connectivity index (χ2v) is 5.84. The first-order chi connectivity index (χ1) is 11.1. The van der Waals surface area contributed by atoms with Crippen molar-refractivity contribution in [1.29, 1.82) is 0 Å². The molecule has 6 nitrogen and oxygen atoms in total. The van der Waals surface area contributed by atoms with Crippen molar-refractivity contribution in [3.8, 4) is 11.5 Å². The summed E-state index contributed by atoms with van der Waals surface area (Å²) in [7, 11) is 3.21. The van der Waals surface area contributed by atoms with Crippen LogP contribution in [0.2, 0.25) is 0 Å². The summed E-state index contributed by atoms with van der Waals surface area (Å²) in [5.41, 5.74) is 7.11. The van der Waals surface area contributed by atoms with Gasteiger partial charge in [0, 0.05) is 31.5 Å². The summed E-state index contributed by atoms with van der Waals surface area (Å²) < 4.78 is 15.9. The van der Waals surface area contributed by atoms with Crippen molar-refractivity contribution >= 4 is 11.6 Å².